The van der Waals surface area contributed by atoms with E-state index in [0.717, 1.165) is 15.8 Å². The van der Waals surface area contributed by atoms with E-state index in [0.29, 0.717) is 18.6 Å². The Morgan fingerprint density at radius 1 is 1.24 bits per heavy atom. The Balaban J connectivity index is 1.82. The zero-order valence-corrected chi connectivity index (χ0v) is 13.4. The van der Waals surface area contributed by atoms with Gasteiger partial charge in [0.15, 0.2) is 0 Å². The number of hydrogen-bond donors (Lipinski definition) is 1. The molecule has 0 aliphatic rings. The molecule has 0 aliphatic heterocycles. The second kappa shape index (κ2) is 7.57. The van der Waals surface area contributed by atoms with Gasteiger partial charge >= 0.3 is 0 Å². The quantitative estimate of drug-likeness (QED) is 0.841. The van der Waals surface area contributed by atoms with Gasteiger partial charge in [-0.25, -0.2) is 4.39 Å². The van der Waals surface area contributed by atoms with Crippen LogP contribution in [0.15, 0.2) is 46.9 Å². The predicted molar refractivity (Wildman–Crippen MR) is 85.1 cm³/mol. The molecule has 0 radical (unpaired) electrons. The number of ether oxygens (including phenoxy) is 1. The fraction of sp³-hybridized carbons (Fsp3) is 0.294. The number of benzene rings is 2. The maximum atomic E-state index is 13.6. The molecule has 0 spiro atoms. The maximum absolute atomic E-state index is 13.6. The monoisotopic (exact) mass is 352 g/mol. The van der Waals surface area contributed by atoms with Crippen molar-refractivity contribution < 1.29 is 14.2 Å². The molecule has 4 heteroatoms. The fourth-order valence-electron chi connectivity index (χ4n) is 2.07. The lowest BCUT2D eigenvalue weighted by Gasteiger charge is -2.13. The van der Waals surface area contributed by atoms with E-state index in [9.17, 15) is 9.50 Å². The van der Waals surface area contributed by atoms with E-state index in [1.807, 2.05) is 31.2 Å². The van der Waals surface area contributed by atoms with Crippen molar-refractivity contribution in [3.8, 4) is 5.75 Å². The van der Waals surface area contributed by atoms with Crippen LogP contribution < -0.4 is 4.74 Å². The number of aliphatic hydroxyl groups excluding tert-OH is 1. The Bertz CT molecular complexity index is 601. The van der Waals surface area contributed by atoms with Crippen molar-refractivity contribution in [2.45, 2.75) is 25.9 Å². The van der Waals surface area contributed by atoms with Crippen LogP contribution in [0.5, 0.6) is 5.75 Å². The normalized spacial score (nSPS) is 12.2. The van der Waals surface area contributed by atoms with Gasteiger partial charge in [-0.3, -0.25) is 0 Å². The van der Waals surface area contributed by atoms with Gasteiger partial charge in [-0.05, 0) is 48.4 Å². The van der Waals surface area contributed by atoms with Crippen LogP contribution in [0.1, 0.15) is 17.5 Å². The molecule has 0 saturated heterocycles. The van der Waals surface area contributed by atoms with Crippen LogP contribution in [-0.2, 0) is 6.42 Å². The van der Waals surface area contributed by atoms with Crippen molar-refractivity contribution in [2.75, 3.05) is 6.61 Å². The molecule has 0 aliphatic carbocycles. The van der Waals surface area contributed by atoms with Gasteiger partial charge in [0.1, 0.15) is 11.6 Å². The first-order valence-corrected chi connectivity index (χ1v) is 7.65. The van der Waals surface area contributed by atoms with Crippen molar-refractivity contribution in [3.63, 3.8) is 0 Å². The van der Waals surface area contributed by atoms with Crippen LogP contribution in [0, 0.1) is 12.7 Å². The molecule has 0 amide bonds. The van der Waals surface area contributed by atoms with Crippen LogP contribution in [-0.4, -0.2) is 17.8 Å². The number of rotatable bonds is 6. The van der Waals surface area contributed by atoms with E-state index in [4.69, 9.17) is 4.74 Å². The molecule has 1 atom stereocenters. The summed E-state index contributed by atoms with van der Waals surface area (Å²) in [5.74, 6) is 0.493. The topological polar surface area (TPSA) is 29.5 Å². The summed E-state index contributed by atoms with van der Waals surface area (Å²) >= 11 is 3.30. The molecule has 0 fully saturated rings. The molecule has 2 aromatic rings. The molecule has 2 rings (SSSR count). The number of aliphatic hydroxyl groups is 1. The fourth-order valence-corrected chi connectivity index (χ4v) is 2.48. The summed E-state index contributed by atoms with van der Waals surface area (Å²) in [5.41, 5.74) is 1.64. The Hall–Kier alpha value is -1.39. The molecule has 0 saturated carbocycles. The van der Waals surface area contributed by atoms with E-state index in [-0.39, 0.29) is 12.2 Å². The average Bonchev–Trinajstić information content (AvgIpc) is 2.43. The van der Waals surface area contributed by atoms with E-state index in [1.165, 1.54) is 6.07 Å². The molecular weight excluding hydrogens is 335 g/mol. The first-order chi connectivity index (χ1) is 10.0. The third-order valence-electron chi connectivity index (χ3n) is 3.17. The smallest absolute Gasteiger partial charge is 0.126 e. The number of hydrogen-bond acceptors (Lipinski definition) is 2. The summed E-state index contributed by atoms with van der Waals surface area (Å²) in [6.07, 6.45) is 0.112. The molecule has 2 aromatic carbocycles. The van der Waals surface area contributed by atoms with Gasteiger partial charge in [0.2, 0.25) is 0 Å². The Morgan fingerprint density at radius 3 is 2.81 bits per heavy atom. The number of aryl methyl sites for hydroxylation is 1. The minimum atomic E-state index is -0.626. The Labute approximate surface area is 132 Å². The van der Waals surface area contributed by atoms with Crippen molar-refractivity contribution >= 4 is 15.9 Å². The average molecular weight is 353 g/mol. The molecule has 0 aromatic heterocycles. The molecule has 112 valence electrons. The van der Waals surface area contributed by atoms with Gasteiger partial charge in [0, 0.05) is 17.3 Å². The summed E-state index contributed by atoms with van der Waals surface area (Å²) in [6, 6.07) is 12.5. The summed E-state index contributed by atoms with van der Waals surface area (Å²) in [6.45, 7) is 2.40. The summed E-state index contributed by atoms with van der Waals surface area (Å²) < 4.78 is 20.0. The zero-order valence-electron chi connectivity index (χ0n) is 11.9. The second-order valence-electron chi connectivity index (χ2n) is 5.05. The van der Waals surface area contributed by atoms with Crippen molar-refractivity contribution in [1.29, 1.82) is 0 Å². The van der Waals surface area contributed by atoms with Gasteiger partial charge < -0.3 is 9.84 Å². The Kier molecular flexibility index (Phi) is 5.76. The first-order valence-electron chi connectivity index (χ1n) is 6.86. The van der Waals surface area contributed by atoms with Crippen LogP contribution in [0.25, 0.3) is 0 Å². The van der Waals surface area contributed by atoms with Crippen LogP contribution in [0.3, 0.4) is 0 Å². The summed E-state index contributed by atoms with van der Waals surface area (Å²) in [5, 5.41) is 9.99. The SMILES string of the molecule is Cc1cccc(OCCC(O)Cc2cc(Br)ccc2F)c1. The standard InChI is InChI=1S/C17H18BrFO2/c1-12-3-2-4-16(9-12)21-8-7-15(20)11-13-10-14(18)5-6-17(13)19/h2-6,9-10,15,20H,7-8,11H2,1H3. The van der Waals surface area contributed by atoms with Crippen molar-refractivity contribution in [3.05, 3.63) is 63.9 Å². The number of halogens is 2. The molecule has 1 N–H and O–H groups in total. The lowest BCUT2D eigenvalue weighted by molar-refractivity contribution is 0.138. The highest BCUT2D eigenvalue weighted by molar-refractivity contribution is 9.10. The zero-order chi connectivity index (χ0) is 15.2. The van der Waals surface area contributed by atoms with Crippen LogP contribution in [0.2, 0.25) is 0 Å². The Morgan fingerprint density at radius 2 is 2.05 bits per heavy atom. The lowest BCUT2D eigenvalue weighted by atomic mass is 10.1. The minimum absolute atomic E-state index is 0.280. The second-order valence-corrected chi connectivity index (χ2v) is 5.96. The van der Waals surface area contributed by atoms with Crippen LogP contribution in [0.4, 0.5) is 4.39 Å². The highest BCUT2D eigenvalue weighted by Gasteiger charge is 2.10. The summed E-state index contributed by atoms with van der Waals surface area (Å²) in [4.78, 5) is 0. The largest absolute Gasteiger partial charge is 0.493 e. The third-order valence-corrected chi connectivity index (χ3v) is 3.67. The van der Waals surface area contributed by atoms with E-state index >= 15 is 0 Å². The van der Waals surface area contributed by atoms with E-state index in [1.54, 1.807) is 12.1 Å². The molecule has 0 bridgehead atoms. The molecular formula is C17H18BrFO2. The molecule has 1 unspecified atom stereocenters. The van der Waals surface area contributed by atoms with Gasteiger partial charge in [0.05, 0.1) is 12.7 Å². The molecule has 0 heterocycles. The predicted octanol–water partition coefficient (Wildman–Crippen LogP) is 4.27. The van der Waals surface area contributed by atoms with Gasteiger partial charge in [-0.1, -0.05) is 28.1 Å². The van der Waals surface area contributed by atoms with Crippen molar-refractivity contribution in [2.24, 2.45) is 0 Å². The van der Waals surface area contributed by atoms with Gasteiger partial charge in [0.25, 0.3) is 0 Å². The highest BCUT2D eigenvalue weighted by atomic mass is 79.9. The lowest BCUT2D eigenvalue weighted by Crippen LogP contribution is -2.15. The van der Waals surface area contributed by atoms with E-state index in [2.05, 4.69) is 15.9 Å². The van der Waals surface area contributed by atoms with Gasteiger partial charge in [-0.15, -0.1) is 0 Å². The van der Waals surface area contributed by atoms with Gasteiger partial charge in [-0.2, -0.15) is 0 Å². The maximum Gasteiger partial charge on any atom is 0.126 e. The van der Waals surface area contributed by atoms with E-state index < -0.39 is 6.10 Å². The van der Waals surface area contributed by atoms with Crippen molar-refractivity contribution in [1.82, 2.24) is 0 Å². The molecule has 2 nitrogen and oxygen atoms in total. The highest BCUT2D eigenvalue weighted by Crippen LogP contribution is 2.18. The van der Waals surface area contributed by atoms with Crippen LogP contribution >= 0.6 is 15.9 Å². The third kappa shape index (κ3) is 5.14. The first kappa shape index (κ1) is 16.0. The molecule has 21 heavy (non-hydrogen) atoms. The summed E-state index contributed by atoms with van der Waals surface area (Å²) in [7, 11) is 0. The minimum Gasteiger partial charge on any atom is -0.493 e.